The minimum atomic E-state index is -4.04. The van der Waals surface area contributed by atoms with Gasteiger partial charge in [-0.15, -0.1) is 0 Å². The van der Waals surface area contributed by atoms with Crippen LogP contribution < -0.4 is 0 Å². The van der Waals surface area contributed by atoms with Crippen LogP contribution in [0.2, 0.25) is 0 Å². The van der Waals surface area contributed by atoms with Gasteiger partial charge in [-0.05, 0) is 17.3 Å². The Labute approximate surface area is 82.4 Å². The molecule has 0 aromatic heterocycles. The first kappa shape index (κ1) is 11.9. The molecule has 0 atom stereocenters. The van der Waals surface area contributed by atoms with Crippen molar-refractivity contribution in [3.05, 3.63) is 0 Å². The average molecular weight is 298 g/mol. The number of halogens is 4. The third kappa shape index (κ3) is 10.9. The lowest BCUT2D eigenvalue weighted by atomic mass is 10.3. The van der Waals surface area contributed by atoms with Crippen molar-refractivity contribution >= 4 is 34.4 Å². The molecule has 5 heteroatoms. The SMILES string of the molecule is FC(F)(F)SCCCCCI. The van der Waals surface area contributed by atoms with Crippen molar-refractivity contribution in [2.75, 3.05) is 10.2 Å². The van der Waals surface area contributed by atoms with Crippen LogP contribution in [0.3, 0.4) is 0 Å². The third-order valence-corrected chi connectivity index (χ3v) is 2.63. The molecule has 68 valence electrons. The fourth-order valence-corrected chi connectivity index (χ4v) is 1.68. The summed E-state index contributed by atoms with van der Waals surface area (Å²) in [7, 11) is 0. The second-order valence-corrected chi connectivity index (χ2v) is 4.28. The van der Waals surface area contributed by atoms with Crippen molar-refractivity contribution in [2.24, 2.45) is 0 Å². The van der Waals surface area contributed by atoms with E-state index in [0.717, 1.165) is 17.3 Å². The molecule has 0 radical (unpaired) electrons. The van der Waals surface area contributed by atoms with Gasteiger partial charge in [-0.1, -0.05) is 40.8 Å². The summed E-state index contributed by atoms with van der Waals surface area (Å²) in [6.45, 7) is 0. The molecule has 0 aromatic rings. The summed E-state index contributed by atoms with van der Waals surface area (Å²) in [6, 6.07) is 0. The summed E-state index contributed by atoms with van der Waals surface area (Å²) in [4.78, 5) is 0. The van der Waals surface area contributed by atoms with Gasteiger partial charge in [0.2, 0.25) is 0 Å². The monoisotopic (exact) mass is 298 g/mol. The van der Waals surface area contributed by atoms with E-state index in [1.54, 1.807) is 0 Å². The molecule has 0 fully saturated rings. The van der Waals surface area contributed by atoms with Crippen molar-refractivity contribution < 1.29 is 13.2 Å². The van der Waals surface area contributed by atoms with Crippen molar-refractivity contribution in [3.8, 4) is 0 Å². The van der Waals surface area contributed by atoms with Crippen molar-refractivity contribution in [3.63, 3.8) is 0 Å². The zero-order valence-corrected chi connectivity index (χ0v) is 8.93. The van der Waals surface area contributed by atoms with Gasteiger partial charge in [0.15, 0.2) is 0 Å². The summed E-state index contributed by atoms with van der Waals surface area (Å²) in [6.07, 6.45) is 2.61. The Morgan fingerprint density at radius 1 is 1.09 bits per heavy atom. The molecule has 0 nitrogen and oxygen atoms in total. The number of thioether (sulfide) groups is 1. The molecule has 0 amide bonds. The maximum atomic E-state index is 11.5. The number of hydrogen-bond acceptors (Lipinski definition) is 1. The summed E-state index contributed by atoms with van der Waals surface area (Å²) in [5.74, 6) is 0.208. The molecule has 0 saturated carbocycles. The maximum Gasteiger partial charge on any atom is 0.441 e. The maximum absolute atomic E-state index is 11.5. The van der Waals surface area contributed by atoms with Gasteiger partial charge in [0, 0.05) is 5.75 Å². The van der Waals surface area contributed by atoms with Crippen LogP contribution in [0.15, 0.2) is 0 Å². The quantitative estimate of drug-likeness (QED) is 0.422. The summed E-state index contributed by atoms with van der Waals surface area (Å²) in [5.41, 5.74) is -4.04. The molecule has 0 heterocycles. The highest BCUT2D eigenvalue weighted by molar-refractivity contribution is 14.1. The molecule has 0 rings (SSSR count). The van der Waals surface area contributed by atoms with Crippen molar-refractivity contribution in [1.82, 2.24) is 0 Å². The van der Waals surface area contributed by atoms with Gasteiger partial charge in [0.1, 0.15) is 0 Å². The highest BCUT2D eigenvalue weighted by Gasteiger charge is 2.27. The van der Waals surface area contributed by atoms with Crippen LogP contribution in [0, 0.1) is 0 Å². The average Bonchev–Trinajstić information content (AvgIpc) is 1.85. The fraction of sp³-hybridized carbons (Fsp3) is 1.00. The van der Waals surface area contributed by atoms with E-state index in [9.17, 15) is 13.2 Å². The molecule has 0 unspecified atom stereocenters. The van der Waals surface area contributed by atoms with Crippen LogP contribution >= 0.6 is 34.4 Å². The van der Waals surface area contributed by atoms with E-state index < -0.39 is 5.51 Å². The molecule has 0 bridgehead atoms. The summed E-state index contributed by atoms with van der Waals surface area (Å²) in [5, 5.41) is 0. The van der Waals surface area contributed by atoms with Crippen molar-refractivity contribution in [2.45, 2.75) is 24.8 Å². The van der Waals surface area contributed by atoms with Crippen LogP contribution in [-0.4, -0.2) is 15.7 Å². The van der Waals surface area contributed by atoms with Gasteiger partial charge >= 0.3 is 5.51 Å². The van der Waals surface area contributed by atoms with E-state index in [1.807, 2.05) is 0 Å². The standard InChI is InChI=1S/C6H10F3IS/c7-6(8,9)11-5-3-1-2-4-10/h1-5H2. The van der Waals surface area contributed by atoms with Crippen LogP contribution in [0.4, 0.5) is 13.2 Å². The van der Waals surface area contributed by atoms with E-state index >= 15 is 0 Å². The van der Waals surface area contributed by atoms with Crippen molar-refractivity contribution in [1.29, 1.82) is 0 Å². The summed E-state index contributed by atoms with van der Waals surface area (Å²) < 4.78 is 35.6. The molecule has 0 aliphatic rings. The highest BCUT2D eigenvalue weighted by Crippen LogP contribution is 2.30. The first-order valence-corrected chi connectivity index (χ1v) is 5.84. The van der Waals surface area contributed by atoms with Crippen LogP contribution in [0.1, 0.15) is 19.3 Å². The van der Waals surface area contributed by atoms with E-state index in [1.165, 1.54) is 0 Å². The van der Waals surface area contributed by atoms with Gasteiger partial charge in [0.05, 0.1) is 0 Å². The molecule has 0 aromatic carbocycles. The Bertz CT molecular complexity index is 94.3. The molecule has 0 aliphatic carbocycles. The highest BCUT2D eigenvalue weighted by atomic mass is 127. The van der Waals surface area contributed by atoms with Crippen LogP contribution in [0.5, 0.6) is 0 Å². The summed E-state index contributed by atoms with van der Waals surface area (Å²) >= 11 is 2.31. The van der Waals surface area contributed by atoms with E-state index in [0.29, 0.717) is 6.42 Å². The minimum absolute atomic E-state index is 0.0816. The molecular formula is C6H10F3IS. The fourth-order valence-electron chi connectivity index (χ4n) is 0.561. The Hall–Kier alpha value is 0.870. The Morgan fingerprint density at radius 3 is 2.18 bits per heavy atom. The lowest BCUT2D eigenvalue weighted by Crippen LogP contribution is -2.01. The van der Waals surface area contributed by atoms with Gasteiger partial charge < -0.3 is 0 Å². The molecule has 0 saturated heterocycles. The molecule has 11 heavy (non-hydrogen) atoms. The lowest BCUT2D eigenvalue weighted by Gasteiger charge is -2.03. The normalized spacial score (nSPS) is 12.0. The Kier molecular flexibility index (Phi) is 6.90. The van der Waals surface area contributed by atoms with E-state index in [2.05, 4.69) is 22.6 Å². The van der Waals surface area contributed by atoms with Crippen LogP contribution in [-0.2, 0) is 0 Å². The number of rotatable bonds is 5. The topological polar surface area (TPSA) is 0 Å². The van der Waals surface area contributed by atoms with Gasteiger partial charge in [-0.3, -0.25) is 0 Å². The number of hydrogen-bond donors (Lipinski definition) is 0. The zero-order valence-electron chi connectivity index (χ0n) is 5.96. The number of alkyl halides is 4. The second-order valence-electron chi connectivity index (χ2n) is 2.04. The third-order valence-electron chi connectivity index (χ3n) is 1.04. The van der Waals surface area contributed by atoms with Crippen LogP contribution in [0.25, 0.3) is 0 Å². The molecule has 0 spiro atoms. The number of unbranched alkanes of at least 4 members (excludes halogenated alkanes) is 2. The largest absolute Gasteiger partial charge is 0.441 e. The zero-order chi connectivity index (χ0) is 8.74. The first-order valence-electron chi connectivity index (χ1n) is 3.33. The first-order chi connectivity index (χ1) is 5.06. The molecular weight excluding hydrogens is 288 g/mol. The lowest BCUT2D eigenvalue weighted by molar-refractivity contribution is -0.0328. The van der Waals surface area contributed by atoms with Gasteiger partial charge in [-0.2, -0.15) is 13.2 Å². The smallest absolute Gasteiger partial charge is 0.160 e. The molecule has 0 aliphatic heterocycles. The van der Waals surface area contributed by atoms with Gasteiger partial charge in [0.25, 0.3) is 0 Å². The van der Waals surface area contributed by atoms with Gasteiger partial charge in [-0.25, -0.2) is 0 Å². The van der Waals surface area contributed by atoms with E-state index in [-0.39, 0.29) is 17.5 Å². The predicted molar refractivity (Wildman–Crippen MR) is 51.3 cm³/mol. The Balaban J connectivity index is 3.02. The Morgan fingerprint density at radius 2 is 1.73 bits per heavy atom. The minimum Gasteiger partial charge on any atom is -0.160 e. The molecule has 0 N–H and O–H groups in total. The van der Waals surface area contributed by atoms with E-state index in [4.69, 9.17) is 0 Å². The second kappa shape index (κ2) is 6.39. The predicted octanol–water partition coefficient (Wildman–Crippen LogP) is 3.84.